The molecule has 0 saturated heterocycles. The number of fused-ring (bicyclic) bond motifs is 4. The molecule has 1 saturated carbocycles. The zero-order valence-electron chi connectivity index (χ0n) is 31.8. The van der Waals surface area contributed by atoms with Crippen molar-refractivity contribution in [3.63, 3.8) is 0 Å². The lowest BCUT2D eigenvalue weighted by atomic mass is 9.62. The van der Waals surface area contributed by atoms with Crippen LogP contribution >= 0.6 is 0 Å². The molecule has 3 aliphatic carbocycles. The summed E-state index contributed by atoms with van der Waals surface area (Å²) in [6.07, 6.45) is 13.1. The van der Waals surface area contributed by atoms with E-state index in [9.17, 15) is 0 Å². The number of hydrogen-bond acceptors (Lipinski definition) is 1. The molecule has 246 valence electrons. The molecule has 0 radical (unpaired) electrons. The van der Waals surface area contributed by atoms with Gasteiger partial charge >= 0.3 is 0 Å². The van der Waals surface area contributed by atoms with Crippen LogP contribution in [0.3, 0.4) is 0 Å². The molecule has 2 aromatic rings. The second-order valence-electron chi connectivity index (χ2n) is 19.1. The largest absolute Gasteiger partial charge is 0.398 e. The predicted molar refractivity (Wildman–Crippen MR) is 198 cm³/mol. The number of allylic oxidation sites excluding steroid dienone is 4. The van der Waals surface area contributed by atoms with Gasteiger partial charge in [0.25, 0.3) is 0 Å². The van der Waals surface area contributed by atoms with Gasteiger partial charge in [0.1, 0.15) is 0 Å². The number of nitrogen functional groups attached to an aromatic ring is 1. The monoisotopic (exact) mass is 608 g/mol. The Balaban J connectivity index is 1.64. The Bertz CT molecular complexity index is 1600. The summed E-state index contributed by atoms with van der Waals surface area (Å²) >= 11 is 0. The van der Waals surface area contributed by atoms with Crippen LogP contribution in [0.1, 0.15) is 158 Å². The molecular formula is C44H65N. The van der Waals surface area contributed by atoms with Crippen molar-refractivity contribution in [1.29, 1.82) is 0 Å². The van der Waals surface area contributed by atoms with Crippen LogP contribution in [0.15, 0.2) is 35.4 Å². The van der Waals surface area contributed by atoms with E-state index in [1.54, 1.807) is 22.3 Å². The van der Waals surface area contributed by atoms with E-state index in [1.165, 1.54) is 51.8 Å². The fourth-order valence-corrected chi connectivity index (χ4v) is 9.34. The lowest BCUT2D eigenvalue weighted by Crippen LogP contribution is -2.33. The molecule has 1 fully saturated rings. The van der Waals surface area contributed by atoms with Crippen LogP contribution in [0.4, 0.5) is 5.69 Å². The molecule has 0 aliphatic heterocycles. The van der Waals surface area contributed by atoms with Gasteiger partial charge < -0.3 is 5.73 Å². The quantitative estimate of drug-likeness (QED) is 0.336. The summed E-state index contributed by atoms with van der Waals surface area (Å²) in [6, 6.07) is 5.22. The van der Waals surface area contributed by atoms with Gasteiger partial charge in [-0.25, -0.2) is 0 Å². The van der Waals surface area contributed by atoms with Crippen molar-refractivity contribution < 1.29 is 0 Å². The van der Waals surface area contributed by atoms with Gasteiger partial charge in [0, 0.05) is 17.5 Å². The Hall–Kier alpha value is -2.28. The molecule has 0 aromatic heterocycles. The number of hydrogen-bond donors (Lipinski definition) is 1. The Morgan fingerprint density at radius 1 is 0.689 bits per heavy atom. The van der Waals surface area contributed by atoms with Crippen molar-refractivity contribution in [2.75, 3.05) is 5.73 Å². The van der Waals surface area contributed by atoms with Crippen molar-refractivity contribution in [2.24, 2.45) is 21.7 Å². The van der Waals surface area contributed by atoms with Crippen LogP contribution in [0.2, 0.25) is 0 Å². The van der Waals surface area contributed by atoms with E-state index in [-0.39, 0.29) is 32.5 Å². The van der Waals surface area contributed by atoms with E-state index in [2.05, 4.69) is 128 Å². The first kappa shape index (κ1) is 34.1. The first-order valence-electron chi connectivity index (χ1n) is 17.9. The molecule has 1 heteroatoms. The van der Waals surface area contributed by atoms with Crippen LogP contribution in [0.5, 0.6) is 0 Å². The minimum absolute atomic E-state index is 0.0866. The molecule has 1 spiro atoms. The maximum absolute atomic E-state index is 7.13. The third-order valence-electron chi connectivity index (χ3n) is 13.9. The van der Waals surface area contributed by atoms with Crippen molar-refractivity contribution in [3.05, 3.63) is 85.5 Å². The second kappa shape index (κ2) is 10.6. The Kier molecular flexibility index (Phi) is 8.04. The molecule has 5 rings (SSSR count). The van der Waals surface area contributed by atoms with Gasteiger partial charge in [-0.3, -0.25) is 0 Å². The molecule has 0 heterocycles. The Labute approximate surface area is 277 Å². The molecule has 1 nitrogen and oxygen atoms in total. The topological polar surface area (TPSA) is 26.0 Å². The van der Waals surface area contributed by atoms with E-state index in [0.717, 1.165) is 37.8 Å². The van der Waals surface area contributed by atoms with Crippen LogP contribution in [-0.4, -0.2) is 0 Å². The average molecular weight is 608 g/mol. The highest BCUT2D eigenvalue weighted by atomic mass is 14.6. The van der Waals surface area contributed by atoms with Crippen molar-refractivity contribution >= 4 is 5.69 Å². The minimum atomic E-state index is 0.0866. The Morgan fingerprint density at radius 3 is 1.80 bits per heavy atom. The van der Waals surface area contributed by atoms with Gasteiger partial charge in [-0.05, 0) is 148 Å². The SMILES string of the molecule is CCC(C)(C)Cc1c(C)c(C)c(C)c(Cc2cc3c(cc2C)C2(CC(C)(C)C4=C/CC(C)(C)C(C)(C)C/C=C\42)CC3(C)C)c1N. The molecule has 0 amide bonds. The van der Waals surface area contributed by atoms with E-state index >= 15 is 0 Å². The fraction of sp³-hybridized carbons (Fsp3) is 0.636. The second-order valence-corrected chi connectivity index (χ2v) is 19.1. The van der Waals surface area contributed by atoms with E-state index in [4.69, 9.17) is 5.73 Å². The number of benzene rings is 2. The zero-order valence-corrected chi connectivity index (χ0v) is 31.8. The summed E-state index contributed by atoms with van der Waals surface area (Å²) in [4.78, 5) is 0. The van der Waals surface area contributed by atoms with Gasteiger partial charge in [0.05, 0.1) is 0 Å². The van der Waals surface area contributed by atoms with Crippen molar-refractivity contribution in [3.8, 4) is 0 Å². The van der Waals surface area contributed by atoms with Crippen LogP contribution in [-0.2, 0) is 23.7 Å². The van der Waals surface area contributed by atoms with Crippen molar-refractivity contribution in [2.45, 2.75) is 160 Å². The standard InChI is InChI=1S/C44H65N/c1-16-39(6,7)24-33-30(5)28(3)29(4)32(38(33)45)22-31-23-36-37(21-27(31)2)44(26-41(36,10)11)25-40(8,9)34-17-19-42(12,13)43(14,15)20-18-35(34)44/h17-18,21,23H,16,19-20,22,24-26,45H2,1-15H3/b34-17+,35-18+. The molecule has 45 heavy (non-hydrogen) atoms. The lowest BCUT2D eigenvalue weighted by molar-refractivity contribution is 0.114. The molecule has 1 unspecified atom stereocenters. The van der Waals surface area contributed by atoms with Gasteiger partial charge in [-0.15, -0.1) is 0 Å². The summed E-state index contributed by atoms with van der Waals surface area (Å²) in [5.41, 5.74) is 25.5. The Morgan fingerprint density at radius 2 is 1.22 bits per heavy atom. The van der Waals surface area contributed by atoms with E-state index < -0.39 is 0 Å². The predicted octanol–water partition coefficient (Wildman–Crippen LogP) is 12.1. The third-order valence-corrected chi connectivity index (χ3v) is 13.9. The number of anilines is 1. The third kappa shape index (κ3) is 5.37. The van der Waals surface area contributed by atoms with Crippen LogP contribution < -0.4 is 5.73 Å². The highest BCUT2D eigenvalue weighted by molar-refractivity contribution is 5.66. The van der Waals surface area contributed by atoms with E-state index in [1.807, 2.05) is 0 Å². The molecule has 3 aliphatic rings. The van der Waals surface area contributed by atoms with Gasteiger partial charge in [0.15, 0.2) is 0 Å². The number of aryl methyl sites for hydroxylation is 1. The first-order valence-corrected chi connectivity index (χ1v) is 17.9. The molecule has 1 atom stereocenters. The van der Waals surface area contributed by atoms with Gasteiger partial charge in [-0.1, -0.05) is 107 Å². The number of nitrogens with two attached hydrogens (primary N) is 1. The maximum atomic E-state index is 7.13. The van der Waals surface area contributed by atoms with Gasteiger partial charge in [0.2, 0.25) is 0 Å². The molecular weight excluding hydrogens is 542 g/mol. The normalized spacial score (nSPS) is 26.8. The molecule has 2 aromatic carbocycles. The minimum Gasteiger partial charge on any atom is -0.398 e. The van der Waals surface area contributed by atoms with Crippen LogP contribution in [0.25, 0.3) is 0 Å². The van der Waals surface area contributed by atoms with E-state index in [0.29, 0.717) is 0 Å². The first-order chi connectivity index (χ1) is 20.5. The maximum Gasteiger partial charge on any atom is 0.0388 e. The van der Waals surface area contributed by atoms with Crippen molar-refractivity contribution in [1.82, 2.24) is 0 Å². The lowest BCUT2D eigenvalue weighted by Gasteiger charge is -2.43. The summed E-state index contributed by atoms with van der Waals surface area (Å²) in [5.74, 6) is 0. The fourth-order valence-electron chi connectivity index (χ4n) is 9.34. The van der Waals surface area contributed by atoms with Crippen LogP contribution in [0, 0.1) is 49.4 Å². The summed E-state index contributed by atoms with van der Waals surface area (Å²) in [6.45, 7) is 36.2. The highest BCUT2D eigenvalue weighted by Crippen LogP contribution is 2.67. The average Bonchev–Trinajstić information content (AvgIpc) is 3.27. The summed E-state index contributed by atoms with van der Waals surface area (Å²) < 4.78 is 0. The summed E-state index contributed by atoms with van der Waals surface area (Å²) in [5, 5.41) is 0. The summed E-state index contributed by atoms with van der Waals surface area (Å²) in [7, 11) is 0. The van der Waals surface area contributed by atoms with Gasteiger partial charge in [-0.2, -0.15) is 0 Å². The smallest absolute Gasteiger partial charge is 0.0388 e. The molecule has 2 N–H and O–H groups in total. The zero-order chi connectivity index (χ0) is 33.7. The molecule has 0 bridgehead atoms. The number of rotatable bonds is 5. The highest BCUT2D eigenvalue weighted by Gasteiger charge is 2.58.